The molecule has 2 amide bonds. The highest BCUT2D eigenvalue weighted by molar-refractivity contribution is 8.00. The Morgan fingerprint density at radius 1 is 0.903 bits per heavy atom. The molecule has 4 N–H and O–H groups in total. The molecule has 0 radical (unpaired) electrons. The van der Waals surface area contributed by atoms with Crippen molar-refractivity contribution < 1.29 is 24.6 Å². The van der Waals surface area contributed by atoms with E-state index in [1.54, 1.807) is 30.3 Å². The van der Waals surface area contributed by atoms with E-state index in [-0.39, 0.29) is 34.6 Å². The van der Waals surface area contributed by atoms with Crippen LogP contribution in [0.4, 0.5) is 11.4 Å². The molecule has 0 saturated heterocycles. The number of phenols is 1. The van der Waals surface area contributed by atoms with Crippen molar-refractivity contribution in [3.63, 3.8) is 0 Å². The zero-order valence-corrected chi connectivity index (χ0v) is 17.4. The number of carboxylic acid groups (broad SMARTS) is 1. The second kappa shape index (κ2) is 9.82. The van der Waals surface area contributed by atoms with Gasteiger partial charge in [0.1, 0.15) is 11.3 Å². The number of carbonyl (C=O) groups excluding carboxylic acids is 2. The maximum absolute atomic E-state index is 12.3. The van der Waals surface area contributed by atoms with Crippen LogP contribution in [0, 0.1) is 6.92 Å². The van der Waals surface area contributed by atoms with Crippen molar-refractivity contribution >= 4 is 40.9 Å². The molecular weight excluding hydrogens is 416 g/mol. The predicted octanol–water partition coefficient (Wildman–Crippen LogP) is 4.38. The van der Waals surface area contributed by atoms with Gasteiger partial charge in [0, 0.05) is 21.8 Å². The zero-order valence-electron chi connectivity index (χ0n) is 16.6. The molecule has 0 saturated carbocycles. The van der Waals surface area contributed by atoms with Crippen LogP contribution in [0.3, 0.4) is 0 Å². The van der Waals surface area contributed by atoms with Crippen molar-refractivity contribution in [3.8, 4) is 5.75 Å². The van der Waals surface area contributed by atoms with Crippen LogP contribution in [0.15, 0.2) is 71.6 Å². The average molecular weight is 436 g/mol. The molecule has 3 rings (SSSR count). The number of hydrogen-bond donors (Lipinski definition) is 4. The van der Waals surface area contributed by atoms with Crippen LogP contribution in [-0.2, 0) is 4.79 Å². The smallest absolute Gasteiger partial charge is 0.339 e. The normalized spacial score (nSPS) is 10.4. The molecule has 0 bridgehead atoms. The molecule has 0 spiro atoms. The third kappa shape index (κ3) is 6.10. The lowest BCUT2D eigenvalue weighted by Crippen LogP contribution is -2.14. The number of anilines is 2. The fraction of sp³-hybridized carbons (Fsp3) is 0.0870. The minimum atomic E-state index is -1.28. The summed E-state index contributed by atoms with van der Waals surface area (Å²) in [7, 11) is 0. The fourth-order valence-corrected chi connectivity index (χ4v) is 3.45. The van der Waals surface area contributed by atoms with Crippen LogP contribution in [0.2, 0.25) is 0 Å². The first kappa shape index (κ1) is 21.9. The van der Waals surface area contributed by atoms with E-state index in [9.17, 15) is 19.5 Å². The molecule has 0 aromatic heterocycles. The van der Waals surface area contributed by atoms with E-state index in [1.807, 2.05) is 25.1 Å². The van der Waals surface area contributed by atoms with Crippen molar-refractivity contribution in [1.29, 1.82) is 0 Å². The van der Waals surface area contributed by atoms with Gasteiger partial charge in [-0.2, -0.15) is 0 Å². The summed E-state index contributed by atoms with van der Waals surface area (Å²) in [5.41, 5.74) is 2.23. The third-order valence-corrected chi connectivity index (χ3v) is 5.29. The molecule has 0 aliphatic carbocycles. The summed E-state index contributed by atoms with van der Waals surface area (Å²) in [5, 5.41) is 24.0. The Morgan fingerprint density at radius 3 is 2.29 bits per heavy atom. The van der Waals surface area contributed by atoms with Crippen LogP contribution >= 0.6 is 11.8 Å². The van der Waals surface area contributed by atoms with Gasteiger partial charge in [0.15, 0.2) is 0 Å². The van der Waals surface area contributed by atoms with Gasteiger partial charge >= 0.3 is 5.97 Å². The SMILES string of the molecule is Cc1cccc(C(=O)Nc2ccc(SCC(=O)Nc3ccc(O)c(C(=O)O)c3)cc2)c1. The van der Waals surface area contributed by atoms with Crippen molar-refractivity contribution in [2.45, 2.75) is 11.8 Å². The maximum atomic E-state index is 12.3. The Kier molecular flexibility index (Phi) is 6.94. The highest BCUT2D eigenvalue weighted by atomic mass is 32.2. The Labute approximate surface area is 183 Å². The quantitative estimate of drug-likeness (QED) is 0.323. The van der Waals surface area contributed by atoms with E-state index in [2.05, 4.69) is 10.6 Å². The largest absolute Gasteiger partial charge is 0.507 e. The van der Waals surface area contributed by atoms with Gasteiger partial charge in [0.05, 0.1) is 5.75 Å². The lowest BCUT2D eigenvalue weighted by atomic mass is 10.1. The number of aromatic hydroxyl groups is 1. The first-order valence-corrected chi connectivity index (χ1v) is 10.3. The molecule has 3 aromatic rings. The maximum Gasteiger partial charge on any atom is 0.339 e. The number of carboxylic acids is 1. The number of thioether (sulfide) groups is 1. The van der Waals surface area contributed by atoms with Gasteiger partial charge in [-0.25, -0.2) is 4.79 Å². The summed E-state index contributed by atoms with van der Waals surface area (Å²) in [6.45, 7) is 1.92. The minimum Gasteiger partial charge on any atom is -0.507 e. The minimum absolute atomic E-state index is 0.109. The predicted molar refractivity (Wildman–Crippen MR) is 120 cm³/mol. The molecule has 31 heavy (non-hydrogen) atoms. The molecular formula is C23H20N2O5S. The van der Waals surface area contributed by atoms with Gasteiger partial charge in [-0.05, 0) is 61.5 Å². The fourth-order valence-electron chi connectivity index (χ4n) is 2.76. The highest BCUT2D eigenvalue weighted by Gasteiger charge is 2.12. The van der Waals surface area contributed by atoms with Crippen molar-refractivity contribution in [2.24, 2.45) is 0 Å². The number of rotatable bonds is 7. The molecule has 0 unspecified atom stereocenters. The second-order valence-corrected chi connectivity index (χ2v) is 7.77. The number of carbonyl (C=O) groups is 3. The second-order valence-electron chi connectivity index (χ2n) is 6.72. The molecule has 7 nitrogen and oxygen atoms in total. The van der Waals surface area contributed by atoms with Crippen molar-refractivity contribution in [1.82, 2.24) is 0 Å². The first-order chi connectivity index (χ1) is 14.8. The van der Waals surface area contributed by atoms with E-state index < -0.39 is 5.97 Å². The third-order valence-electron chi connectivity index (χ3n) is 4.27. The summed E-state index contributed by atoms with van der Waals surface area (Å²) in [4.78, 5) is 36.3. The number of nitrogens with one attached hydrogen (secondary N) is 2. The van der Waals surface area contributed by atoms with Crippen molar-refractivity contribution in [3.05, 3.63) is 83.4 Å². The molecule has 3 aromatic carbocycles. The molecule has 0 atom stereocenters. The van der Waals surface area contributed by atoms with E-state index >= 15 is 0 Å². The van der Waals surface area contributed by atoms with Gasteiger partial charge in [-0.3, -0.25) is 9.59 Å². The van der Waals surface area contributed by atoms with Gasteiger partial charge in [0.25, 0.3) is 5.91 Å². The van der Waals surface area contributed by atoms with Crippen LogP contribution in [0.5, 0.6) is 5.75 Å². The average Bonchev–Trinajstić information content (AvgIpc) is 2.74. The topological polar surface area (TPSA) is 116 Å². The number of aryl methyl sites for hydroxylation is 1. The molecule has 158 valence electrons. The Bertz CT molecular complexity index is 1130. The van der Waals surface area contributed by atoms with Crippen LogP contribution in [-0.4, -0.2) is 33.7 Å². The monoisotopic (exact) mass is 436 g/mol. The number of hydrogen-bond acceptors (Lipinski definition) is 5. The Balaban J connectivity index is 1.53. The summed E-state index contributed by atoms with van der Waals surface area (Å²) in [5.74, 6) is -2.05. The van der Waals surface area contributed by atoms with Gasteiger partial charge in [-0.15, -0.1) is 11.8 Å². The standard InChI is InChI=1S/C23H20N2O5S/c1-14-3-2-4-15(11-14)22(28)25-16-5-8-18(9-6-16)31-13-21(27)24-17-7-10-20(26)19(12-17)23(29)30/h2-12,26H,13H2,1H3,(H,24,27)(H,25,28)(H,29,30). The number of benzene rings is 3. The molecule has 0 heterocycles. The van der Waals surface area contributed by atoms with E-state index in [0.29, 0.717) is 11.3 Å². The van der Waals surface area contributed by atoms with Crippen LogP contribution < -0.4 is 10.6 Å². The van der Waals surface area contributed by atoms with Crippen LogP contribution in [0.1, 0.15) is 26.3 Å². The Hall–Kier alpha value is -3.78. The van der Waals surface area contributed by atoms with Crippen LogP contribution in [0.25, 0.3) is 0 Å². The lowest BCUT2D eigenvalue weighted by molar-refractivity contribution is -0.113. The van der Waals surface area contributed by atoms with Crippen molar-refractivity contribution in [2.75, 3.05) is 16.4 Å². The van der Waals surface area contributed by atoms with Gasteiger partial charge < -0.3 is 20.8 Å². The lowest BCUT2D eigenvalue weighted by Gasteiger charge is -2.08. The molecule has 0 aliphatic heterocycles. The van der Waals surface area contributed by atoms with E-state index in [0.717, 1.165) is 10.5 Å². The highest BCUT2D eigenvalue weighted by Crippen LogP contribution is 2.23. The summed E-state index contributed by atoms with van der Waals surface area (Å²) in [6, 6.07) is 18.3. The molecule has 0 aliphatic rings. The zero-order chi connectivity index (χ0) is 22.4. The molecule has 8 heteroatoms. The summed E-state index contributed by atoms with van der Waals surface area (Å²) in [6.07, 6.45) is 0. The van der Waals surface area contributed by atoms with Gasteiger partial charge in [-0.1, -0.05) is 17.7 Å². The Morgan fingerprint density at radius 2 is 1.61 bits per heavy atom. The first-order valence-electron chi connectivity index (χ1n) is 9.29. The van der Waals surface area contributed by atoms with E-state index in [1.165, 1.54) is 30.0 Å². The summed E-state index contributed by atoms with van der Waals surface area (Å²) >= 11 is 1.30. The summed E-state index contributed by atoms with van der Waals surface area (Å²) < 4.78 is 0. The van der Waals surface area contributed by atoms with Gasteiger partial charge in [0.2, 0.25) is 5.91 Å². The molecule has 0 fully saturated rings. The number of aromatic carboxylic acids is 1. The number of amides is 2. The van der Waals surface area contributed by atoms with E-state index in [4.69, 9.17) is 5.11 Å².